The highest BCUT2D eigenvalue weighted by Gasteiger charge is 2.40. The Labute approximate surface area is 79.8 Å². The fourth-order valence-electron chi connectivity index (χ4n) is 1.45. The van der Waals surface area contributed by atoms with Crippen molar-refractivity contribution in [2.45, 2.75) is 18.6 Å². The number of nitrogens with zero attached hydrogens (tertiary/aromatic N) is 1. The summed E-state index contributed by atoms with van der Waals surface area (Å²) in [5, 5.41) is 17.4. The summed E-state index contributed by atoms with van der Waals surface area (Å²) in [5.41, 5.74) is 0. The van der Waals surface area contributed by atoms with Gasteiger partial charge in [0, 0.05) is 6.42 Å². The van der Waals surface area contributed by atoms with E-state index in [9.17, 15) is 9.59 Å². The predicted molar refractivity (Wildman–Crippen MR) is 42.7 cm³/mol. The van der Waals surface area contributed by atoms with Crippen LogP contribution >= 0.6 is 0 Å². The number of carboxylic acids is 1. The Balaban J connectivity index is 2.65. The van der Waals surface area contributed by atoms with Crippen LogP contribution in [0.3, 0.4) is 0 Å². The number of likely N-dealkylation sites (tertiary alicyclic amines) is 1. The Kier molecular flexibility index (Phi) is 3.26. The lowest BCUT2D eigenvalue weighted by atomic mass is 10.2. The Morgan fingerprint density at radius 3 is 2.43 bits per heavy atom. The molecule has 0 unspecified atom stereocenters. The molecule has 1 saturated heterocycles. The zero-order valence-corrected chi connectivity index (χ0v) is 7.54. The van der Waals surface area contributed by atoms with E-state index in [0.717, 1.165) is 4.90 Å². The zero-order valence-electron chi connectivity index (χ0n) is 7.54. The molecule has 1 fully saturated rings. The molecule has 0 aliphatic carbocycles. The molecule has 7 nitrogen and oxygen atoms in total. The van der Waals surface area contributed by atoms with E-state index in [0.29, 0.717) is 0 Å². The van der Waals surface area contributed by atoms with Crippen LogP contribution < -0.4 is 0 Å². The molecule has 1 amide bonds. The van der Waals surface area contributed by atoms with E-state index in [4.69, 9.17) is 15.1 Å². The van der Waals surface area contributed by atoms with Gasteiger partial charge in [-0.25, -0.2) is 19.4 Å². The monoisotopic (exact) mass is 205 g/mol. The Hall–Kier alpha value is -1.34. The smallest absolute Gasteiger partial charge is 0.408 e. The van der Waals surface area contributed by atoms with Crippen molar-refractivity contribution >= 4 is 12.1 Å². The first-order valence-corrected chi connectivity index (χ1v) is 3.98. The van der Waals surface area contributed by atoms with Crippen LogP contribution in [0, 0.1) is 0 Å². The van der Waals surface area contributed by atoms with Gasteiger partial charge in [0.2, 0.25) is 0 Å². The van der Waals surface area contributed by atoms with Crippen molar-refractivity contribution in [1.82, 2.24) is 4.90 Å². The number of amides is 1. The maximum atomic E-state index is 10.7. The second kappa shape index (κ2) is 4.25. The highest BCUT2D eigenvalue weighted by atomic mass is 17.2. The second-order valence-corrected chi connectivity index (χ2v) is 2.91. The molecule has 7 heteroatoms. The van der Waals surface area contributed by atoms with Crippen LogP contribution in [0.2, 0.25) is 0 Å². The van der Waals surface area contributed by atoms with E-state index in [1.165, 1.54) is 7.11 Å². The molecule has 1 heterocycles. The maximum absolute atomic E-state index is 10.7. The quantitative estimate of drug-likeness (QED) is 0.488. The van der Waals surface area contributed by atoms with E-state index in [1.807, 2.05) is 0 Å². The fraction of sp³-hybridized carbons (Fsp3) is 0.714. The lowest BCUT2D eigenvalue weighted by Crippen LogP contribution is -2.39. The average molecular weight is 205 g/mol. The molecular formula is C7H11NO6. The van der Waals surface area contributed by atoms with Gasteiger partial charge in [0.15, 0.2) is 0 Å². The summed E-state index contributed by atoms with van der Waals surface area (Å²) in [6, 6.07) is -1.05. The highest BCUT2D eigenvalue weighted by molar-refractivity contribution is 5.80. The SMILES string of the molecule is COO[C@@H]1C[C@H](C(=O)O)N(C(=O)O)C1. The third-order valence-corrected chi connectivity index (χ3v) is 2.03. The molecule has 14 heavy (non-hydrogen) atoms. The van der Waals surface area contributed by atoms with Crippen LogP contribution in [-0.2, 0) is 14.6 Å². The van der Waals surface area contributed by atoms with Gasteiger partial charge >= 0.3 is 12.1 Å². The topological polar surface area (TPSA) is 96.3 Å². The molecule has 0 aromatic carbocycles. The summed E-state index contributed by atoms with van der Waals surface area (Å²) < 4.78 is 0. The molecule has 0 saturated carbocycles. The normalized spacial score (nSPS) is 26.5. The minimum Gasteiger partial charge on any atom is -0.480 e. The van der Waals surface area contributed by atoms with Gasteiger partial charge in [0.05, 0.1) is 13.7 Å². The minimum absolute atomic E-state index is 0.0140. The molecular weight excluding hydrogens is 194 g/mol. The predicted octanol–water partition coefficient (Wildman–Crippen LogP) is -0.230. The fourth-order valence-corrected chi connectivity index (χ4v) is 1.45. The molecule has 1 rings (SSSR count). The number of aliphatic carboxylic acids is 1. The van der Waals surface area contributed by atoms with Crippen LogP contribution in [-0.4, -0.2) is 53.0 Å². The van der Waals surface area contributed by atoms with Gasteiger partial charge in [-0.2, -0.15) is 0 Å². The molecule has 0 spiro atoms. The third-order valence-electron chi connectivity index (χ3n) is 2.03. The Bertz CT molecular complexity index is 220. The number of rotatable bonds is 3. The molecule has 2 atom stereocenters. The van der Waals surface area contributed by atoms with Gasteiger partial charge in [0.25, 0.3) is 0 Å². The van der Waals surface area contributed by atoms with E-state index in [-0.39, 0.29) is 13.0 Å². The van der Waals surface area contributed by atoms with Crippen molar-refractivity contribution in [3.63, 3.8) is 0 Å². The van der Waals surface area contributed by atoms with E-state index >= 15 is 0 Å². The lowest BCUT2D eigenvalue weighted by Gasteiger charge is -2.16. The molecule has 2 N–H and O–H groups in total. The third kappa shape index (κ3) is 2.12. The second-order valence-electron chi connectivity index (χ2n) is 2.91. The molecule has 0 bridgehead atoms. The van der Waals surface area contributed by atoms with Gasteiger partial charge < -0.3 is 10.2 Å². The minimum atomic E-state index is -1.26. The van der Waals surface area contributed by atoms with Crippen molar-refractivity contribution in [3.05, 3.63) is 0 Å². The Morgan fingerprint density at radius 1 is 1.43 bits per heavy atom. The molecule has 80 valence electrons. The van der Waals surface area contributed by atoms with E-state index < -0.39 is 24.2 Å². The maximum Gasteiger partial charge on any atom is 0.408 e. The van der Waals surface area contributed by atoms with Crippen molar-refractivity contribution in [1.29, 1.82) is 0 Å². The molecule has 0 aromatic rings. The van der Waals surface area contributed by atoms with Crippen LogP contribution in [0.15, 0.2) is 0 Å². The lowest BCUT2D eigenvalue weighted by molar-refractivity contribution is -0.300. The van der Waals surface area contributed by atoms with Gasteiger partial charge in [-0.3, -0.25) is 4.90 Å². The first kappa shape index (κ1) is 10.7. The van der Waals surface area contributed by atoms with Crippen LogP contribution in [0.5, 0.6) is 0 Å². The van der Waals surface area contributed by atoms with E-state index in [1.54, 1.807) is 0 Å². The number of hydrogen-bond donors (Lipinski definition) is 2. The first-order valence-electron chi connectivity index (χ1n) is 3.98. The standard InChI is InChI=1S/C7H11NO6/c1-13-14-4-2-5(6(9)10)8(3-4)7(11)12/h4-5H,2-3H2,1H3,(H,9,10)(H,11,12)/t4-,5-/m1/s1. The largest absolute Gasteiger partial charge is 0.480 e. The van der Waals surface area contributed by atoms with Gasteiger partial charge in [0.1, 0.15) is 12.1 Å². The van der Waals surface area contributed by atoms with Crippen LogP contribution in [0.25, 0.3) is 0 Å². The summed E-state index contributed by atoms with van der Waals surface area (Å²) in [7, 11) is 1.29. The summed E-state index contributed by atoms with van der Waals surface area (Å²) >= 11 is 0. The van der Waals surface area contributed by atoms with Crippen molar-refractivity contribution in [3.8, 4) is 0 Å². The first-order chi connectivity index (χ1) is 6.56. The Morgan fingerprint density at radius 2 is 2.07 bits per heavy atom. The zero-order chi connectivity index (χ0) is 10.7. The number of carbonyl (C=O) groups is 2. The van der Waals surface area contributed by atoms with Crippen molar-refractivity contribution in [2.75, 3.05) is 13.7 Å². The van der Waals surface area contributed by atoms with Gasteiger partial charge in [-0.05, 0) is 0 Å². The number of hydrogen-bond acceptors (Lipinski definition) is 4. The van der Waals surface area contributed by atoms with Crippen LogP contribution in [0.1, 0.15) is 6.42 Å². The highest BCUT2D eigenvalue weighted by Crippen LogP contribution is 2.20. The molecule has 1 aliphatic heterocycles. The van der Waals surface area contributed by atoms with E-state index in [2.05, 4.69) is 4.89 Å². The summed E-state index contributed by atoms with van der Waals surface area (Å²) in [6.45, 7) is 0.0140. The summed E-state index contributed by atoms with van der Waals surface area (Å²) in [5.74, 6) is -1.17. The summed E-state index contributed by atoms with van der Waals surface area (Å²) in [6.07, 6.45) is -1.67. The molecule has 0 aromatic heterocycles. The number of carboxylic acid groups (broad SMARTS) is 2. The van der Waals surface area contributed by atoms with Crippen LogP contribution in [0.4, 0.5) is 4.79 Å². The average Bonchev–Trinajstić information content (AvgIpc) is 2.49. The van der Waals surface area contributed by atoms with Crippen molar-refractivity contribution in [2.24, 2.45) is 0 Å². The van der Waals surface area contributed by atoms with Gasteiger partial charge in [-0.1, -0.05) is 0 Å². The molecule has 1 aliphatic rings. The summed E-state index contributed by atoms with van der Waals surface area (Å²) in [4.78, 5) is 31.2. The van der Waals surface area contributed by atoms with Crippen molar-refractivity contribution < 1.29 is 29.6 Å². The molecule has 0 radical (unpaired) electrons. The van der Waals surface area contributed by atoms with Gasteiger partial charge in [-0.15, -0.1) is 0 Å².